The Morgan fingerprint density at radius 3 is 0.364 bits per heavy atom. The third kappa shape index (κ3) is 1030. The van der Waals surface area contributed by atoms with E-state index in [1.807, 2.05) is 0 Å². The second kappa shape index (κ2) is 36.4. The molecule has 0 fully saturated rings. The van der Waals surface area contributed by atoms with E-state index in [-0.39, 0.29) is 55.1 Å². The SMILES string of the molecule is O=[N+]([O-])[O-].O=[N+]([O-])[O-].O=[N+]([O-])[O-].O=[N+]([O-])[O-].O=[N+]([O-])[O-].[Ca+2].[Cr+3]. The van der Waals surface area contributed by atoms with Gasteiger partial charge >= 0.3 is 55.1 Å². The maximum absolute atomic E-state index is 8.25. The standard InChI is InChI=1S/Ca.Cr.5NO3/c;;5*2-1(3)4/q+2;+3;5*-1. The summed E-state index contributed by atoms with van der Waals surface area (Å²) in [7, 11) is 0. The zero-order chi connectivity index (χ0) is 17.9. The van der Waals surface area contributed by atoms with Gasteiger partial charge in [0.15, 0.2) is 0 Å². The maximum atomic E-state index is 8.25. The van der Waals surface area contributed by atoms with Crippen LogP contribution in [-0.2, 0) is 17.4 Å². The summed E-state index contributed by atoms with van der Waals surface area (Å²) in [5.41, 5.74) is 0. The minimum Gasteiger partial charge on any atom is -0.356 e. The van der Waals surface area contributed by atoms with Crippen LogP contribution in [0.1, 0.15) is 0 Å². The fourth-order valence-corrected chi connectivity index (χ4v) is 0. The summed E-state index contributed by atoms with van der Waals surface area (Å²) in [5.74, 6) is 0. The van der Waals surface area contributed by atoms with E-state index in [9.17, 15) is 0 Å². The monoisotopic (exact) mass is 402 g/mol. The van der Waals surface area contributed by atoms with Crippen molar-refractivity contribution in [1.29, 1.82) is 0 Å². The molecule has 0 amide bonds. The van der Waals surface area contributed by atoms with Crippen LogP contribution in [-0.4, -0.2) is 63.2 Å². The van der Waals surface area contributed by atoms with Crippen LogP contribution < -0.4 is 0 Å². The summed E-state index contributed by atoms with van der Waals surface area (Å²) < 4.78 is 0. The third-order valence-corrected chi connectivity index (χ3v) is 0. The van der Waals surface area contributed by atoms with Gasteiger partial charge in [-0.25, -0.2) is 0 Å². The van der Waals surface area contributed by atoms with Gasteiger partial charge in [-0.2, -0.15) is 0 Å². The molecule has 1 radical (unpaired) electrons. The molecular weight excluding hydrogens is 402 g/mol. The zero-order valence-electron chi connectivity index (χ0n) is 9.48. The smallest absolute Gasteiger partial charge is 0.356 e. The van der Waals surface area contributed by atoms with E-state index >= 15 is 0 Å². The van der Waals surface area contributed by atoms with Gasteiger partial charge in [-0.05, 0) is 0 Å². The molecule has 0 aliphatic rings. The van der Waals surface area contributed by atoms with Gasteiger partial charge < -0.3 is 76.6 Å². The third-order valence-electron chi connectivity index (χ3n) is 0. The van der Waals surface area contributed by atoms with Crippen molar-refractivity contribution in [3.63, 3.8) is 0 Å². The Morgan fingerprint density at radius 1 is 0.364 bits per heavy atom. The zero-order valence-corrected chi connectivity index (χ0v) is 13.0. The Kier molecular flexibility index (Phi) is 70.6. The van der Waals surface area contributed by atoms with Gasteiger partial charge in [0.05, 0.1) is 25.4 Å². The van der Waals surface area contributed by atoms with Crippen LogP contribution in [0, 0.1) is 76.6 Å². The van der Waals surface area contributed by atoms with Crippen LogP contribution in [0.5, 0.6) is 0 Å². The van der Waals surface area contributed by atoms with Gasteiger partial charge in [0, 0.05) is 0 Å². The summed E-state index contributed by atoms with van der Waals surface area (Å²) >= 11 is 0. The van der Waals surface area contributed by atoms with Gasteiger partial charge in [0.2, 0.25) is 0 Å². The van der Waals surface area contributed by atoms with E-state index in [1.165, 1.54) is 0 Å². The van der Waals surface area contributed by atoms with Crippen LogP contribution in [0.15, 0.2) is 0 Å². The van der Waals surface area contributed by atoms with Gasteiger partial charge in [-0.3, -0.25) is 0 Å². The first-order chi connectivity index (χ1) is 8.66. The minimum absolute atomic E-state index is 0. The summed E-state index contributed by atoms with van der Waals surface area (Å²) in [5, 5.41) is 73.8. The van der Waals surface area contributed by atoms with Crippen LogP contribution in [0.3, 0.4) is 0 Å². The van der Waals surface area contributed by atoms with Gasteiger partial charge in [-0.15, -0.1) is 0 Å². The Bertz CT molecular complexity index is 213. The van der Waals surface area contributed by atoms with Crippen LogP contribution >= 0.6 is 0 Å². The van der Waals surface area contributed by atoms with Crippen molar-refractivity contribution in [1.82, 2.24) is 0 Å². The topological polar surface area (TPSA) is 331 Å². The summed E-state index contributed by atoms with van der Waals surface area (Å²) in [6.07, 6.45) is 0. The van der Waals surface area contributed by atoms with Crippen molar-refractivity contribution in [2.24, 2.45) is 0 Å². The van der Waals surface area contributed by atoms with Crippen molar-refractivity contribution in [3.8, 4) is 0 Å². The molecule has 123 valence electrons. The Labute approximate surface area is 156 Å². The fraction of sp³-hybridized carbons (Fsp3) is 0. The first-order valence-corrected chi connectivity index (χ1v) is 2.74. The first kappa shape index (κ1) is 42.7. The van der Waals surface area contributed by atoms with E-state index in [4.69, 9.17) is 76.6 Å². The maximum Gasteiger partial charge on any atom is 3.00 e. The second-order valence-corrected chi connectivity index (χ2v) is 1.12. The number of rotatable bonds is 0. The Hall–Kier alpha value is -2.21. The average molecular weight is 402 g/mol. The molecule has 0 saturated heterocycles. The molecule has 0 aliphatic heterocycles. The molecule has 0 atom stereocenters. The van der Waals surface area contributed by atoms with Crippen LogP contribution in [0.4, 0.5) is 0 Å². The molecule has 0 aliphatic carbocycles. The molecule has 0 aromatic carbocycles. The van der Waals surface area contributed by atoms with Gasteiger partial charge in [0.25, 0.3) is 0 Å². The molecule has 0 aromatic rings. The van der Waals surface area contributed by atoms with Gasteiger partial charge in [0.1, 0.15) is 0 Å². The number of hydrogen-bond acceptors (Lipinski definition) is 15. The normalized spacial score (nSPS) is 5.45. The molecule has 0 heterocycles. The Balaban J connectivity index is -0.0000000250. The van der Waals surface area contributed by atoms with Crippen LogP contribution in [0.25, 0.3) is 0 Å². The molecule has 0 N–H and O–H groups in total. The van der Waals surface area contributed by atoms with E-state index < -0.39 is 25.4 Å². The molecule has 20 nitrogen and oxygen atoms in total. The van der Waals surface area contributed by atoms with E-state index in [0.29, 0.717) is 0 Å². The summed E-state index contributed by atoms with van der Waals surface area (Å²) in [4.78, 5) is 41.2. The molecule has 0 aromatic heterocycles. The summed E-state index contributed by atoms with van der Waals surface area (Å²) in [6.45, 7) is 0. The molecule has 22 heavy (non-hydrogen) atoms. The fourth-order valence-electron chi connectivity index (χ4n) is 0. The quantitative estimate of drug-likeness (QED) is 0.250. The molecule has 0 rings (SSSR count). The first-order valence-electron chi connectivity index (χ1n) is 2.74. The predicted molar refractivity (Wildman–Crippen MR) is 57.6 cm³/mol. The molecule has 0 saturated carbocycles. The van der Waals surface area contributed by atoms with Crippen molar-refractivity contribution in [2.45, 2.75) is 0 Å². The van der Waals surface area contributed by atoms with Crippen molar-refractivity contribution >= 4 is 37.7 Å². The molecule has 22 heteroatoms. The average Bonchev–Trinajstić information content (AvgIpc) is 1.94. The van der Waals surface area contributed by atoms with Gasteiger partial charge in [-0.1, -0.05) is 0 Å². The Morgan fingerprint density at radius 2 is 0.364 bits per heavy atom. The second-order valence-electron chi connectivity index (χ2n) is 1.12. The van der Waals surface area contributed by atoms with Crippen molar-refractivity contribution in [3.05, 3.63) is 76.6 Å². The van der Waals surface area contributed by atoms with Crippen molar-refractivity contribution < 1.29 is 42.8 Å². The largest absolute Gasteiger partial charge is 3.00 e. The number of hydrogen-bond donors (Lipinski definition) is 0. The molecular formula is CaCrN5O15. The minimum atomic E-state index is -1.75. The van der Waals surface area contributed by atoms with E-state index in [0.717, 1.165) is 0 Å². The molecule has 0 bridgehead atoms. The molecule has 0 unspecified atom stereocenters. The molecule has 0 spiro atoms. The number of nitrogens with zero attached hydrogens (tertiary/aromatic N) is 5. The predicted octanol–water partition coefficient (Wildman–Crippen LogP) is -1.58. The van der Waals surface area contributed by atoms with E-state index in [1.54, 1.807) is 0 Å². The summed E-state index contributed by atoms with van der Waals surface area (Å²) in [6, 6.07) is 0. The van der Waals surface area contributed by atoms with E-state index in [2.05, 4.69) is 0 Å². The van der Waals surface area contributed by atoms with Crippen molar-refractivity contribution in [2.75, 3.05) is 0 Å². The van der Waals surface area contributed by atoms with Crippen LogP contribution in [0.2, 0.25) is 0 Å².